The molecule has 0 bridgehead atoms. The Kier molecular flexibility index (Phi) is 2.86. The van der Waals surface area contributed by atoms with E-state index in [1.807, 2.05) is 0 Å². The Bertz CT molecular complexity index is 362. The van der Waals surface area contributed by atoms with Crippen LogP contribution in [0.3, 0.4) is 0 Å². The highest BCUT2D eigenvalue weighted by Crippen LogP contribution is 2.34. The average molecular weight is 213 g/mol. The number of phenolic OH excluding ortho intramolecular Hbond substituents is 1. The lowest BCUT2D eigenvalue weighted by Gasteiger charge is -2.24. The summed E-state index contributed by atoms with van der Waals surface area (Å²) in [5, 5.41) is 12.7. The van der Waals surface area contributed by atoms with Gasteiger partial charge in [0.25, 0.3) is 0 Å². The van der Waals surface area contributed by atoms with Gasteiger partial charge in [-0.15, -0.1) is 0 Å². The van der Waals surface area contributed by atoms with E-state index in [9.17, 15) is 13.9 Å². The van der Waals surface area contributed by atoms with Crippen LogP contribution < -0.4 is 5.32 Å². The van der Waals surface area contributed by atoms with Crippen molar-refractivity contribution in [3.05, 3.63) is 29.3 Å². The molecule has 1 aromatic carbocycles. The number of halogens is 2. The minimum absolute atomic E-state index is 0.0815. The van der Waals surface area contributed by atoms with Crippen molar-refractivity contribution in [2.24, 2.45) is 0 Å². The van der Waals surface area contributed by atoms with Crippen molar-refractivity contribution in [1.29, 1.82) is 0 Å². The number of hydrogen-bond acceptors (Lipinski definition) is 2. The van der Waals surface area contributed by atoms with Crippen molar-refractivity contribution in [2.45, 2.75) is 18.8 Å². The van der Waals surface area contributed by atoms with Gasteiger partial charge in [-0.25, -0.2) is 8.78 Å². The Labute approximate surface area is 86.9 Å². The van der Waals surface area contributed by atoms with E-state index in [0.717, 1.165) is 32.0 Å². The maximum Gasteiger partial charge on any atom is 0.165 e. The van der Waals surface area contributed by atoms with E-state index in [1.54, 1.807) is 0 Å². The molecule has 1 heterocycles. The van der Waals surface area contributed by atoms with Crippen molar-refractivity contribution in [3.8, 4) is 5.75 Å². The molecule has 0 saturated carbocycles. The van der Waals surface area contributed by atoms with E-state index < -0.39 is 11.6 Å². The Balaban J connectivity index is 2.36. The maximum absolute atomic E-state index is 13.5. The van der Waals surface area contributed by atoms with Gasteiger partial charge >= 0.3 is 0 Å². The lowest BCUT2D eigenvalue weighted by Crippen LogP contribution is -2.27. The van der Waals surface area contributed by atoms with Crippen LogP contribution in [0.2, 0.25) is 0 Å². The third-order valence-corrected chi connectivity index (χ3v) is 2.86. The molecule has 1 fully saturated rings. The lowest BCUT2D eigenvalue weighted by atomic mass is 9.89. The summed E-state index contributed by atoms with van der Waals surface area (Å²) in [5.74, 6) is -2.01. The molecule has 2 nitrogen and oxygen atoms in total. The summed E-state index contributed by atoms with van der Waals surface area (Å²) in [6, 6.07) is 2.17. The van der Waals surface area contributed by atoms with Gasteiger partial charge in [0.15, 0.2) is 11.6 Å². The zero-order chi connectivity index (χ0) is 10.8. The standard InChI is InChI=1S/C11H13F2NO/c12-8-1-2-9(15)10(11(8)13)7-3-5-14-6-4-7/h1-2,7,14-15H,3-6H2. The normalized spacial score (nSPS) is 18.0. The number of benzene rings is 1. The highest BCUT2D eigenvalue weighted by molar-refractivity contribution is 5.37. The molecule has 2 rings (SSSR count). The molecular formula is C11H13F2NO. The third-order valence-electron chi connectivity index (χ3n) is 2.86. The SMILES string of the molecule is Oc1ccc(F)c(F)c1C1CCNCC1. The van der Waals surface area contributed by atoms with Gasteiger partial charge in [-0.05, 0) is 44.0 Å². The van der Waals surface area contributed by atoms with Gasteiger partial charge < -0.3 is 10.4 Å². The molecule has 4 heteroatoms. The first-order valence-corrected chi connectivity index (χ1v) is 5.07. The number of rotatable bonds is 1. The molecule has 0 unspecified atom stereocenters. The first-order chi connectivity index (χ1) is 7.20. The molecule has 0 atom stereocenters. The molecule has 0 aromatic heterocycles. The summed E-state index contributed by atoms with van der Waals surface area (Å²) in [6.07, 6.45) is 1.46. The predicted octanol–water partition coefficient (Wildman–Crippen LogP) is 2.14. The second-order valence-corrected chi connectivity index (χ2v) is 3.82. The first kappa shape index (κ1) is 10.4. The Morgan fingerprint density at radius 3 is 2.53 bits per heavy atom. The Morgan fingerprint density at radius 1 is 1.20 bits per heavy atom. The van der Waals surface area contributed by atoms with Crippen LogP contribution in [0.4, 0.5) is 8.78 Å². The van der Waals surface area contributed by atoms with Gasteiger partial charge in [-0.3, -0.25) is 0 Å². The summed E-state index contributed by atoms with van der Waals surface area (Å²) in [5.41, 5.74) is 0.136. The topological polar surface area (TPSA) is 32.3 Å². The second-order valence-electron chi connectivity index (χ2n) is 3.82. The average Bonchev–Trinajstić information content (AvgIpc) is 2.26. The monoisotopic (exact) mass is 213 g/mol. The van der Waals surface area contributed by atoms with Crippen molar-refractivity contribution >= 4 is 0 Å². The highest BCUT2D eigenvalue weighted by atomic mass is 19.2. The van der Waals surface area contributed by atoms with E-state index in [2.05, 4.69) is 5.32 Å². The summed E-state index contributed by atoms with van der Waals surface area (Å²) in [6.45, 7) is 1.56. The molecule has 1 aromatic rings. The largest absolute Gasteiger partial charge is 0.508 e. The molecule has 0 radical (unpaired) electrons. The summed E-state index contributed by atoms with van der Waals surface area (Å²) < 4.78 is 26.5. The van der Waals surface area contributed by atoms with Gasteiger partial charge in [-0.1, -0.05) is 0 Å². The second kappa shape index (κ2) is 4.14. The fourth-order valence-corrected chi connectivity index (χ4v) is 2.06. The van der Waals surface area contributed by atoms with Gasteiger partial charge in [0, 0.05) is 5.56 Å². The minimum Gasteiger partial charge on any atom is -0.508 e. The van der Waals surface area contributed by atoms with Crippen LogP contribution in [0.5, 0.6) is 5.75 Å². The van der Waals surface area contributed by atoms with E-state index >= 15 is 0 Å². The van der Waals surface area contributed by atoms with E-state index in [1.165, 1.54) is 6.07 Å². The van der Waals surface area contributed by atoms with Crippen LogP contribution in [0.25, 0.3) is 0 Å². The van der Waals surface area contributed by atoms with Crippen molar-refractivity contribution in [2.75, 3.05) is 13.1 Å². The van der Waals surface area contributed by atoms with E-state index in [0.29, 0.717) is 0 Å². The van der Waals surface area contributed by atoms with Crippen molar-refractivity contribution in [1.82, 2.24) is 5.32 Å². The molecule has 0 amide bonds. The molecular weight excluding hydrogens is 200 g/mol. The zero-order valence-electron chi connectivity index (χ0n) is 8.26. The summed E-state index contributed by atoms with van der Waals surface area (Å²) >= 11 is 0. The van der Waals surface area contributed by atoms with Crippen molar-refractivity contribution in [3.63, 3.8) is 0 Å². The number of phenols is 1. The van der Waals surface area contributed by atoms with Crippen LogP contribution in [-0.4, -0.2) is 18.2 Å². The van der Waals surface area contributed by atoms with Crippen molar-refractivity contribution < 1.29 is 13.9 Å². The number of hydrogen-bond donors (Lipinski definition) is 2. The van der Waals surface area contributed by atoms with Crippen LogP contribution in [0.15, 0.2) is 12.1 Å². The number of piperidine rings is 1. The van der Waals surface area contributed by atoms with Crippen LogP contribution in [-0.2, 0) is 0 Å². The van der Waals surface area contributed by atoms with Gasteiger partial charge in [0.1, 0.15) is 5.75 Å². The van der Waals surface area contributed by atoms with E-state index in [-0.39, 0.29) is 17.2 Å². The van der Waals surface area contributed by atoms with Gasteiger partial charge in [-0.2, -0.15) is 0 Å². The number of aromatic hydroxyl groups is 1. The quantitative estimate of drug-likeness (QED) is 0.749. The van der Waals surface area contributed by atoms with Crippen LogP contribution in [0.1, 0.15) is 24.3 Å². The Hall–Kier alpha value is -1.16. The minimum atomic E-state index is -0.901. The fraction of sp³-hybridized carbons (Fsp3) is 0.455. The van der Waals surface area contributed by atoms with Gasteiger partial charge in [0.05, 0.1) is 0 Å². The fourth-order valence-electron chi connectivity index (χ4n) is 2.06. The van der Waals surface area contributed by atoms with E-state index in [4.69, 9.17) is 0 Å². The third kappa shape index (κ3) is 1.95. The highest BCUT2D eigenvalue weighted by Gasteiger charge is 2.23. The first-order valence-electron chi connectivity index (χ1n) is 5.07. The lowest BCUT2D eigenvalue weighted by molar-refractivity contribution is 0.396. The molecule has 15 heavy (non-hydrogen) atoms. The molecule has 82 valence electrons. The predicted molar refractivity (Wildman–Crippen MR) is 52.9 cm³/mol. The molecule has 0 aliphatic carbocycles. The van der Waals surface area contributed by atoms with Crippen LogP contribution in [0, 0.1) is 11.6 Å². The molecule has 1 saturated heterocycles. The van der Waals surface area contributed by atoms with Gasteiger partial charge in [0.2, 0.25) is 0 Å². The molecule has 0 spiro atoms. The Morgan fingerprint density at radius 2 is 1.87 bits per heavy atom. The molecule has 1 aliphatic rings. The molecule has 1 aliphatic heterocycles. The summed E-state index contributed by atoms with van der Waals surface area (Å²) in [4.78, 5) is 0. The zero-order valence-corrected chi connectivity index (χ0v) is 8.26. The smallest absolute Gasteiger partial charge is 0.165 e. The van der Waals surface area contributed by atoms with Crippen LogP contribution >= 0.6 is 0 Å². The number of nitrogens with one attached hydrogen (secondary N) is 1. The summed E-state index contributed by atoms with van der Waals surface area (Å²) in [7, 11) is 0. The molecule has 2 N–H and O–H groups in total. The maximum atomic E-state index is 13.5.